The topological polar surface area (TPSA) is 96.9 Å². The van der Waals surface area contributed by atoms with Crippen molar-refractivity contribution >= 4 is 22.8 Å². The Balaban J connectivity index is 2.04. The average molecular weight is 324 g/mol. The van der Waals surface area contributed by atoms with Crippen molar-refractivity contribution in [2.45, 2.75) is 20.4 Å². The van der Waals surface area contributed by atoms with Gasteiger partial charge >= 0.3 is 11.1 Å². The minimum absolute atomic E-state index is 0.339. The van der Waals surface area contributed by atoms with Gasteiger partial charge in [-0.1, -0.05) is 6.07 Å². The Morgan fingerprint density at radius 3 is 2.79 bits per heavy atom. The Kier molecular flexibility index (Phi) is 3.99. The van der Waals surface area contributed by atoms with Crippen LogP contribution in [0.25, 0.3) is 11.0 Å². The first-order valence-corrected chi connectivity index (χ1v) is 7.51. The number of pyridine rings is 1. The number of H-pyrrole nitrogens is 1. The van der Waals surface area contributed by atoms with Crippen molar-refractivity contribution in [2.75, 3.05) is 5.32 Å². The molecule has 0 unspecified atom stereocenters. The first kappa shape index (κ1) is 15.7. The second-order valence-electron chi connectivity index (χ2n) is 5.36. The lowest BCUT2D eigenvalue weighted by molar-refractivity contribution is 0.102. The van der Waals surface area contributed by atoms with Crippen molar-refractivity contribution in [1.82, 2.24) is 14.5 Å². The molecule has 7 nitrogen and oxygen atoms in total. The Labute approximate surface area is 137 Å². The molecule has 1 aromatic carbocycles. The summed E-state index contributed by atoms with van der Waals surface area (Å²) in [5.74, 6) is 0.142. The molecule has 24 heavy (non-hydrogen) atoms. The van der Waals surface area contributed by atoms with Gasteiger partial charge in [0.15, 0.2) is 0 Å². The maximum absolute atomic E-state index is 12.4. The number of amides is 1. The van der Waals surface area contributed by atoms with Crippen molar-refractivity contribution in [1.29, 1.82) is 0 Å². The Morgan fingerprint density at radius 2 is 2.08 bits per heavy atom. The lowest BCUT2D eigenvalue weighted by atomic mass is 10.1. The van der Waals surface area contributed by atoms with Gasteiger partial charge in [0, 0.05) is 18.3 Å². The highest BCUT2D eigenvalue weighted by Crippen LogP contribution is 2.15. The second kappa shape index (κ2) is 6.11. The number of nitrogens with one attached hydrogen (secondary N) is 2. The quantitative estimate of drug-likeness (QED) is 0.716. The summed E-state index contributed by atoms with van der Waals surface area (Å²) in [7, 11) is 0. The van der Waals surface area contributed by atoms with Crippen LogP contribution >= 0.6 is 0 Å². The number of rotatable bonds is 3. The predicted molar refractivity (Wildman–Crippen MR) is 91.4 cm³/mol. The highest BCUT2D eigenvalue weighted by molar-refractivity contribution is 6.05. The van der Waals surface area contributed by atoms with Crippen molar-refractivity contribution in [3.8, 4) is 0 Å². The molecule has 122 valence electrons. The van der Waals surface area contributed by atoms with Crippen LogP contribution in [0.3, 0.4) is 0 Å². The lowest BCUT2D eigenvalue weighted by Crippen LogP contribution is -2.36. The zero-order valence-electron chi connectivity index (χ0n) is 13.3. The Morgan fingerprint density at radius 1 is 1.29 bits per heavy atom. The molecule has 0 saturated carbocycles. The van der Waals surface area contributed by atoms with E-state index >= 15 is 0 Å². The van der Waals surface area contributed by atoms with Crippen molar-refractivity contribution in [3.63, 3.8) is 0 Å². The van der Waals surface area contributed by atoms with Gasteiger partial charge in [-0.05, 0) is 43.7 Å². The van der Waals surface area contributed by atoms with Crippen LogP contribution in [0, 0.1) is 6.92 Å². The smallest absolute Gasteiger partial charge is 0.316 e. The minimum atomic E-state index is -0.706. The molecule has 3 rings (SSSR count). The molecule has 0 radical (unpaired) electrons. The zero-order chi connectivity index (χ0) is 17.3. The van der Waals surface area contributed by atoms with Crippen LogP contribution in [0.5, 0.6) is 0 Å². The van der Waals surface area contributed by atoms with Gasteiger partial charge in [0.05, 0.1) is 11.0 Å². The van der Waals surface area contributed by atoms with E-state index < -0.39 is 11.1 Å². The predicted octanol–water partition coefficient (Wildman–Crippen LogP) is 1.67. The number of aromatic nitrogens is 3. The number of aryl methyl sites for hydroxylation is 2. The van der Waals surface area contributed by atoms with Crippen molar-refractivity contribution in [3.05, 3.63) is 68.4 Å². The third-order valence-corrected chi connectivity index (χ3v) is 3.79. The van der Waals surface area contributed by atoms with Crippen LogP contribution in [0.2, 0.25) is 0 Å². The van der Waals surface area contributed by atoms with Gasteiger partial charge in [-0.3, -0.25) is 14.4 Å². The van der Waals surface area contributed by atoms with Crippen LogP contribution in [0.4, 0.5) is 5.82 Å². The fourth-order valence-corrected chi connectivity index (χ4v) is 2.53. The summed E-state index contributed by atoms with van der Waals surface area (Å²) in [6.07, 6.45) is 1.60. The first-order valence-electron chi connectivity index (χ1n) is 7.51. The van der Waals surface area contributed by atoms with Crippen LogP contribution in [-0.2, 0) is 6.54 Å². The summed E-state index contributed by atoms with van der Waals surface area (Å²) in [6.45, 7) is 4.00. The van der Waals surface area contributed by atoms with Gasteiger partial charge in [0.1, 0.15) is 5.82 Å². The number of anilines is 1. The first-order chi connectivity index (χ1) is 11.5. The number of carbonyl (C=O) groups excluding carboxylic acids is 1. The second-order valence-corrected chi connectivity index (χ2v) is 5.36. The lowest BCUT2D eigenvalue weighted by Gasteiger charge is -2.10. The van der Waals surface area contributed by atoms with E-state index in [0.717, 1.165) is 5.56 Å². The number of hydrogen-bond acceptors (Lipinski definition) is 4. The monoisotopic (exact) mass is 324 g/mol. The number of fused-ring (bicyclic) bond motifs is 1. The summed E-state index contributed by atoms with van der Waals surface area (Å²) in [5, 5.41) is 2.74. The zero-order valence-corrected chi connectivity index (χ0v) is 13.3. The molecule has 3 aromatic rings. The molecule has 2 heterocycles. The molecule has 1 amide bonds. The van der Waals surface area contributed by atoms with E-state index in [0.29, 0.717) is 29.0 Å². The third-order valence-electron chi connectivity index (χ3n) is 3.79. The highest BCUT2D eigenvalue weighted by atomic mass is 16.2. The van der Waals surface area contributed by atoms with Crippen LogP contribution in [-0.4, -0.2) is 20.4 Å². The summed E-state index contributed by atoms with van der Waals surface area (Å²) in [6, 6.07) is 8.45. The van der Waals surface area contributed by atoms with E-state index in [1.165, 1.54) is 4.57 Å². The van der Waals surface area contributed by atoms with Crippen molar-refractivity contribution in [2.24, 2.45) is 0 Å². The summed E-state index contributed by atoms with van der Waals surface area (Å²) in [5.41, 5.74) is 0.915. The van der Waals surface area contributed by atoms with Gasteiger partial charge in [-0.25, -0.2) is 4.98 Å². The molecule has 7 heteroatoms. The molecule has 0 bridgehead atoms. The number of benzene rings is 1. The molecule has 0 saturated heterocycles. The largest absolute Gasteiger partial charge is 0.316 e. The molecular weight excluding hydrogens is 308 g/mol. The summed E-state index contributed by atoms with van der Waals surface area (Å²) in [4.78, 5) is 42.6. The average Bonchev–Trinajstić information content (AvgIpc) is 2.57. The molecule has 2 N–H and O–H groups in total. The molecule has 0 aliphatic heterocycles. The maximum atomic E-state index is 12.4. The van der Waals surface area contributed by atoms with Crippen LogP contribution in [0.1, 0.15) is 22.8 Å². The van der Waals surface area contributed by atoms with Crippen LogP contribution < -0.4 is 16.4 Å². The van der Waals surface area contributed by atoms with Gasteiger partial charge in [-0.2, -0.15) is 0 Å². The summed E-state index contributed by atoms with van der Waals surface area (Å²) < 4.78 is 1.37. The maximum Gasteiger partial charge on any atom is 0.316 e. The Bertz CT molecular complexity index is 1050. The van der Waals surface area contributed by atoms with E-state index in [1.54, 1.807) is 37.4 Å². The molecule has 0 atom stereocenters. The molecule has 0 aliphatic rings. The van der Waals surface area contributed by atoms with E-state index in [-0.39, 0.29) is 5.91 Å². The van der Waals surface area contributed by atoms with Gasteiger partial charge in [-0.15, -0.1) is 0 Å². The SMILES string of the molecule is CCn1c(=O)c(=O)[nH]c2cc(C(=O)Nc3ncccc3C)ccc21. The van der Waals surface area contributed by atoms with Gasteiger partial charge < -0.3 is 14.9 Å². The highest BCUT2D eigenvalue weighted by Gasteiger charge is 2.12. The molecule has 2 aromatic heterocycles. The molecule has 0 aliphatic carbocycles. The van der Waals surface area contributed by atoms with E-state index in [1.807, 2.05) is 13.0 Å². The minimum Gasteiger partial charge on any atom is -0.316 e. The Hall–Kier alpha value is -3.22. The third kappa shape index (κ3) is 2.71. The summed E-state index contributed by atoms with van der Waals surface area (Å²) >= 11 is 0. The number of hydrogen-bond donors (Lipinski definition) is 2. The van der Waals surface area contributed by atoms with Gasteiger partial charge in [0.25, 0.3) is 5.91 Å². The number of nitrogens with zero attached hydrogens (tertiary/aromatic N) is 2. The van der Waals surface area contributed by atoms with Gasteiger partial charge in [0.2, 0.25) is 0 Å². The van der Waals surface area contributed by atoms with Crippen molar-refractivity contribution < 1.29 is 4.79 Å². The standard InChI is InChI=1S/C17H16N4O3/c1-3-21-13-7-6-11(9-12(13)19-16(23)17(21)24)15(22)20-14-10(2)5-4-8-18-14/h4-9H,3H2,1-2H3,(H,19,23)(H,18,20,22). The molecule has 0 spiro atoms. The normalized spacial score (nSPS) is 10.8. The molecular formula is C17H16N4O3. The van der Waals surface area contributed by atoms with E-state index in [2.05, 4.69) is 15.3 Å². The molecule has 0 fully saturated rings. The van der Waals surface area contributed by atoms with E-state index in [4.69, 9.17) is 0 Å². The number of carbonyl (C=O) groups is 1. The van der Waals surface area contributed by atoms with E-state index in [9.17, 15) is 14.4 Å². The fourth-order valence-electron chi connectivity index (χ4n) is 2.53. The number of aromatic amines is 1. The van der Waals surface area contributed by atoms with Crippen LogP contribution in [0.15, 0.2) is 46.1 Å². The fraction of sp³-hybridized carbons (Fsp3) is 0.176.